The van der Waals surface area contributed by atoms with Gasteiger partial charge >= 0.3 is 0 Å². The maximum absolute atomic E-state index is 12.2. The maximum Gasteiger partial charge on any atom is 0.224 e. The van der Waals surface area contributed by atoms with Crippen LogP contribution in [0.25, 0.3) is 11.3 Å². The Morgan fingerprint density at radius 2 is 2.00 bits per heavy atom. The summed E-state index contributed by atoms with van der Waals surface area (Å²) in [6.45, 7) is 3.08. The average molecular weight is 352 g/mol. The van der Waals surface area contributed by atoms with Crippen LogP contribution in [0.5, 0.6) is 5.75 Å². The molecular weight excluding hydrogens is 332 g/mol. The smallest absolute Gasteiger partial charge is 0.224 e. The predicted octanol–water partition coefficient (Wildman–Crippen LogP) is 4.07. The van der Waals surface area contributed by atoms with Crippen LogP contribution in [0.1, 0.15) is 18.1 Å². The van der Waals surface area contributed by atoms with Gasteiger partial charge in [-0.2, -0.15) is 11.3 Å². The van der Waals surface area contributed by atoms with Gasteiger partial charge in [0.1, 0.15) is 5.75 Å². The minimum atomic E-state index is -0.00180. The summed E-state index contributed by atoms with van der Waals surface area (Å²) in [7, 11) is 0. The highest BCUT2D eigenvalue weighted by molar-refractivity contribution is 7.08. The molecule has 0 aliphatic rings. The van der Waals surface area contributed by atoms with Gasteiger partial charge in [-0.05, 0) is 53.8 Å². The van der Waals surface area contributed by atoms with Crippen LogP contribution in [0, 0.1) is 0 Å². The number of carbonyl (C=O) groups is 1. The van der Waals surface area contributed by atoms with Crippen LogP contribution in [0.3, 0.4) is 0 Å². The number of hydrogen-bond acceptors (Lipinski definition) is 4. The van der Waals surface area contributed by atoms with Gasteiger partial charge in [0, 0.05) is 23.7 Å². The standard InChI is InChI=1S/C20H20N2O2S/c1-2-24-18-5-3-15(4-6-18)12-20(23)22-13-16-7-9-21-19(11-16)17-8-10-25-14-17/h3-11,14H,2,12-13H2,1H3,(H,22,23). The molecule has 4 nitrogen and oxygen atoms in total. The molecule has 25 heavy (non-hydrogen) atoms. The molecule has 5 heteroatoms. The molecule has 2 heterocycles. The first-order valence-electron chi connectivity index (χ1n) is 8.20. The molecule has 0 aliphatic carbocycles. The predicted molar refractivity (Wildman–Crippen MR) is 101 cm³/mol. The van der Waals surface area contributed by atoms with E-state index < -0.39 is 0 Å². The fourth-order valence-electron chi connectivity index (χ4n) is 2.47. The molecule has 3 aromatic rings. The van der Waals surface area contributed by atoms with Gasteiger partial charge in [-0.15, -0.1) is 0 Å². The van der Waals surface area contributed by atoms with Gasteiger partial charge in [0.2, 0.25) is 5.91 Å². The average Bonchev–Trinajstić information content (AvgIpc) is 3.17. The third-order valence-corrected chi connectivity index (χ3v) is 4.41. The lowest BCUT2D eigenvalue weighted by molar-refractivity contribution is -0.120. The number of benzene rings is 1. The normalized spacial score (nSPS) is 10.4. The Kier molecular flexibility index (Phi) is 5.80. The summed E-state index contributed by atoms with van der Waals surface area (Å²) in [6.07, 6.45) is 2.13. The molecule has 0 saturated heterocycles. The minimum Gasteiger partial charge on any atom is -0.494 e. The Labute approximate surface area is 151 Å². The first-order chi connectivity index (χ1) is 12.2. The maximum atomic E-state index is 12.2. The van der Waals surface area contributed by atoms with Crippen molar-refractivity contribution >= 4 is 17.2 Å². The van der Waals surface area contributed by atoms with Crippen molar-refractivity contribution in [2.24, 2.45) is 0 Å². The number of pyridine rings is 1. The van der Waals surface area contributed by atoms with Gasteiger partial charge in [0.05, 0.1) is 18.7 Å². The summed E-state index contributed by atoms with van der Waals surface area (Å²) in [6, 6.07) is 13.6. The van der Waals surface area contributed by atoms with E-state index in [0.29, 0.717) is 19.6 Å². The van der Waals surface area contributed by atoms with Crippen LogP contribution in [0.4, 0.5) is 0 Å². The van der Waals surface area contributed by atoms with Crippen molar-refractivity contribution in [1.82, 2.24) is 10.3 Å². The lowest BCUT2D eigenvalue weighted by atomic mass is 10.1. The van der Waals surface area contributed by atoms with Gasteiger partial charge < -0.3 is 10.1 Å². The molecule has 0 radical (unpaired) electrons. The van der Waals surface area contributed by atoms with Crippen LogP contribution in [0.2, 0.25) is 0 Å². The molecule has 1 N–H and O–H groups in total. The van der Waals surface area contributed by atoms with Crippen molar-refractivity contribution in [2.75, 3.05) is 6.61 Å². The van der Waals surface area contributed by atoms with Crippen molar-refractivity contribution in [1.29, 1.82) is 0 Å². The fraction of sp³-hybridized carbons (Fsp3) is 0.200. The van der Waals surface area contributed by atoms with E-state index in [1.165, 1.54) is 0 Å². The molecule has 3 rings (SSSR count). The number of thiophene rings is 1. The topological polar surface area (TPSA) is 51.2 Å². The molecule has 0 spiro atoms. The molecular formula is C20H20N2O2S. The molecule has 0 fully saturated rings. The molecule has 0 bridgehead atoms. The summed E-state index contributed by atoms with van der Waals surface area (Å²) < 4.78 is 5.41. The second-order valence-corrected chi connectivity index (χ2v) is 6.37. The summed E-state index contributed by atoms with van der Waals surface area (Å²) in [5, 5.41) is 7.06. The molecule has 128 valence electrons. The van der Waals surface area contributed by atoms with Gasteiger partial charge in [0.15, 0.2) is 0 Å². The fourth-order valence-corrected chi connectivity index (χ4v) is 3.12. The second-order valence-electron chi connectivity index (χ2n) is 5.59. The van der Waals surface area contributed by atoms with Gasteiger partial charge in [-0.3, -0.25) is 9.78 Å². The van der Waals surface area contributed by atoms with Crippen LogP contribution < -0.4 is 10.1 Å². The highest BCUT2D eigenvalue weighted by Gasteiger charge is 2.06. The Balaban J connectivity index is 1.54. The van der Waals surface area contributed by atoms with Crippen molar-refractivity contribution in [3.63, 3.8) is 0 Å². The van der Waals surface area contributed by atoms with Crippen molar-refractivity contribution in [3.8, 4) is 17.0 Å². The van der Waals surface area contributed by atoms with E-state index in [0.717, 1.165) is 28.1 Å². The Hall–Kier alpha value is -2.66. The van der Waals surface area contributed by atoms with Crippen LogP contribution in [-0.2, 0) is 17.8 Å². The molecule has 0 aliphatic heterocycles. The largest absolute Gasteiger partial charge is 0.494 e. The Morgan fingerprint density at radius 3 is 2.72 bits per heavy atom. The van der Waals surface area contributed by atoms with E-state index in [4.69, 9.17) is 4.74 Å². The zero-order chi connectivity index (χ0) is 17.5. The summed E-state index contributed by atoms with van der Waals surface area (Å²) in [5.74, 6) is 0.822. The van der Waals surface area contributed by atoms with Gasteiger partial charge in [0.25, 0.3) is 0 Å². The number of rotatable bonds is 7. The lowest BCUT2D eigenvalue weighted by Crippen LogP contribution is -2.24. The quantitative estimate of drug-likeness (QED) is 0.697. The molecule has 2 aromatic heterocycles. The van der Waals surface area contributed by atoms with E-state index in [2.05, 4.69) is 15.7 Å². The lowest BCUT2D eigenvalue weighted by Gasteiger charge is -2.08. The highest BCUT2D eigenvalue weighted by Crippen LogP contribution is 2.20. The van der Waals surface area contributed by atoms with Crippen molar-refractivity contribution in [2.45, 2.75) is 19.9 Å². The summed E-state index contributed by atoms with van der Waals surface area (Å²) in [5.41, 5.74) is 4.04. The monoisotopic (exact) mass is 352 g/mol. The zero-order valence-electron chi connectivity index (χ0n) is 14.1. The van der Waals surface area contributed by atoms with E-state index in [1.54, 1.807) is 17.5 Å². The molecule has 1 aromatic carbocycles. The van der Waals surface area contributed by atoms with Gasteiger partial charge in [-0.25, -0.2) is 0 Å². The molecule has 0 saturated carbocycles. The van der Waals surface area contributed by atoms with Crippen LogP contribution in [0.15, 0.2) is 59.4 Å². The Morgan fingerprint density at radius 1 is 1.16 bits per heavy atom. The van der Waals surface area contributed by atoms with Crippen LogP contribution in [-0.4, -0.2) is 17.5 Å². The number of ether oxygens (including phenoxy) is 1. The van der Waals surface area contributed by atoms with E-state index in [1.807, 2.05) is 54.8 Å². The SMILES string of the molecule is CCOc1ccc(CC(=O)NCc2ccnc(-c3ccsc3)c2)cc1. The number of nitrogens with zero attached hydrogens (tertiary/aromatic N) is 1. The number of hydrogen-bond donors (Lipinski definition) is 1. The number of nitrogens with one attached hydrogen (secondary N) is 1. The van der Waals surface area contributed by atoms with E-state index in [9.17, 15) is 4.79 Å². The third kappa shape index (κ3) is 4.90. The van der Waals surface area contributed by atoms with E-state index >= 15 is 0 Å². The minimum absolute atomic E-state index is 0.00180. The van der Waals surface area contributed by atoms with Crippen molar-refractivity contribution < 1.29 is 9.53 Å². The first kappa shape index (κ1) is 17.2. The summed E-state index contributed by atoms with van der Waals surface area (Å²) >= 11 is 1.65. The number of amides is 1. The summed E-state index contributed by atoms with van der Waals surface area (Å²) in [4.78, 5) is 16.5. The van der Waals surface area contributed by atoms with Crippen molar-refractivity contribution in [3.05, 3.63) is 70.5 Å². The Bertz CT molecular complexity index is 814. The molecule has 0 unspecified atom stereocenters. The van der Waals surface area contributed by atoms with Gasteiger partial charge in [-0.1, -0.05) is 12.1 Å². The van der Waals surface area contributed by atoms with E-state index in [-0.39, 0.29) is 5.91 Å². The number of carbonyl (C=O) groups excluding carboxylic acids is 1. The third-order valence-electron chi connectivity index (χ3n) is 3.73. The molecule has 0 atom stereocenters. The van der Waals surface area contributed by atoms with Crippen LogP contribution >= 0.6 is 11.3 Å². The molecule has 1 amide bonds. The number of aromatic nitrogens is 1. The highest BCUT2D eigenvalue weighted by atomic mass is 32.1. The second kappa shape index (κ2) is 8.44. The zero-order valence-corrected chi connectivity index (χ0v) is 14.9. The first-order valence-corrected chi connectivity index (χ1v) is 9.15.